The van der Waals surface area contributed by atoms with Crippen molar-refractivity contribution in [2.45, 2.75) is 6.54 Å². The number of carbonyl (C=O) groups is 1. The molecule has 0 saturated carbocycles. The number of nitrogens with two attached hydrogens (primary N) is 1. The van der Waals surface area contributed by atoms with Crippen LogP contribution in [-0.2, 0) is 6.54 Å². The van der Waals surface area contributed by atoms with Crippen molar-refractivity contribution >= 4 is 23.3 Å². The number of hydrogen-bond acceptors (Lipinski definition) is 3. The lowest BCUT2D eigenvalue weighted by Gasteiger charge is -2.03. The Morgan fingerprint density at radius 3 is 2.76 bits per heavy atom. The molecule has 1 aromatic carbocycles. The van der Waals surface area contributed by atoms with E-state index < -0.39 is 5.97 Å². The van der Waals surface area contributed by atoms with Crippen LogP contribution in [0.25, 0.3) is 0 Å². The minimum atomic E-state index is -1.14. The van der Waals surface area contributed by atoms with Gasteiger partial charge in [0.05, 0.1) is 12.2 Å². The Hall–Kier alpha value is -2.01. The van der Waals surface area contributed by atoms with E-state index in [4.69, 9.17) is 22.4 Å². The quantitative estimate of drug-likeness (QED) is 0.873. The highest BCUT2D eigenvalue weighted by Gasteiger charge is 2.13. The summed E-state index contributed by atoms with van der Waals surface area (Å²) in [4.78, 5) is 10.8. The maximum absolute atomic E-state index is 10.8. The number of nitrogens with zero attached hydrogens (tertiary/aromatic N) is 2. The van der Waals surface area contributed by atoms with Crippen molar-refractivity contribution in [3.63, 3.8) is 0 Å². The van der Waals surface area contributed by atoms with Crippen molar-refractivity contribution in [3.8, 4) is 0 Å². The van der Waals surface area contributed by atoms with Gasteiger partial charge in [0.1, 0.15) is 0 Å². The minimum absolute atomic E-state index is 0.142. The zero-order valence-electron chi connectivity index (χ0n) is 8.80. The van der Waals surface area contributed by atoms with Gasteiger partial charge >= 0.3 is 5.97 Å². The molecule has 2 rings (SSSR count). The minimum Gasteiger partial charge on any atom is -0.476 e. The largest absolute Gasteiger partial charge is 0.476 e. The Morgan fingerprint density at radius 1 is 1.47 bits per heavy atom. The molecule has 2 aromatic rings. The Bertz CT molecular complexity index is 566. The summed E-state index contributed by atoms with van der Waals surface area (Å²) < 4.78 is 1.46. The number of nitrogen functional groups attached to an aromatic ring is 1. The lowest BCUT2D eigenvalue weighted by atomic mass is 10.2. The molecule has 0 bridgehead atoms. The van der Waals surface area contributed by atoms with Crippen LogP contribution in [0.15, 0.2) is 30.5 Å². The van der Waals surface area contributed by atoms with Gasteiger partial charge in [-0.1, -0.05) is 29.8 Å². The molecular formula is C11H10ClN3O2. The van der Waals surface area contributed by atoms with Gasteiger partial charge in [-0.2, -0.15) is 5.10 Å². The van der Waals surface area contributed by atoms with Crippen molar-refractivity contribution in [2.24, 2.45) is 0 Å². The summed E-state index contributed by atoms with van der Waals surface area (Å²) in [5.41, 5.74) is 6.39. The molecule has 0 atom stereocenters. The van der Waals surface area contributed by atoms with E-state index >= 15 is 0 Å². The predicted octanol–water partition coefficient (Wildman–Crippen LogP) is 1.87. The number of anilines is 1. The van der Waals surface area contributed by atoms with Crippen LogP contribution in [-0.4, -0.2) is 20.9 Å². The molecule has 0 saturated heterocycles. The van der Waals surface area contributed by atoms with Gasteiger partial charge in [0.2, 0.25) is 0 Å². The van der Waals surface area contributed by atoms with Gasteiger partial charge in [-0.05, 0) is 11.6 Å². The lowest BCUT2D eigenvalue weighted by Crippen LogP contribution is -2.04. The summed E-state index contributed by atoms with van der Waals surface area (Å²) in [5.74, 6) is -1.14. The van der Waals surface area contributed by atoms with Crippen LogP contribution >= 0.6 is 11.6 Å². The third kappa shape index (κ3) is 2.39. The maximum Gasteiger partial charge on any atom is 0.358 e. The van der Waals surface area contributed by atoms with E-state index in [-0.39, 0.29) is 11.4 Å². The average Bonchev–Trinajstić information content (AvgIpc) is 2.63. The summed E-state index contributed by atoms with van der Waals surface area (Å²) in [5, 5.41) is 13.3. The van der Waals surface area contributed by atoms with Crippen LogP contribution in [0.1, 0.15) is 16.1 Å². The lowest BCUT2D eigenvalue weighted by molar-refractivity contribution is 0.0690. The summed E-state index contributed by atoms with van der Waals surface area (Å²) in [6.45, 7) is 0.386. The van der Waals surface area contributed by atoms with Crippen molar-refractivity contribution in [3.05, 3.63) is 46.7 Å². The number of halogens is 1. The Morgan fingerprint density at radius 2 is 2.18 bits per heavy atom. The summed E-state index contributed by atoms with van der Waals surface area (Å²) in [6.07, 6.45) is 1.48. The molecule has 88 valence electrons. The van der Waals surface area contributed by atoms with Crippen molar-refractivity contribution < 1.29 is 9.90 Å². The highest BCUT2D eigenvalue weighted by Crippen LogP contribution is 2.17. The Labute approximate surface area is 102 Å². The second-order valence-corrected chi connectivity index (χ2v) is 3.93. The molecular weight excluding hydrogens is 242 g/mol. The van der Waals surface area contributed by atoms with Crippen molar-refractivity contribution in [1.82, 2.24) is 9.78 Å². The summed E-state index contributed by atoms with van der Waals surface area (Å²) in [6, 6.07) is 7.29. The van der Waals surface area contributed by atoms with E-state index in [2.05, 4.69) is 5.10 Å². The molecule has 17 heavy (non-hydrogen) atoms. The average molecular weight is 252 g/mol. The number of aromatic nitrogens is 2. The molecule has 0 radical (unpaired) electrons. The Kier molecular flexibility index (Phi) is 3.01. The monoisotopic (exact) mass is 251 g/mol. The molecule has 5 nitrogen and oxygen atoms in total. The van der Waals surface area contributed by atoms with Gasteiger partial charge in [-0.3, -0.25) is 4.68 Å². The maximum atomic E-state index is 10.8. The smallest absolute Gasteiger partial charge is 0.358 e. The first-order chi connectivity index (χ1) is 8.08. The van der Waals surface area contributed by atoms with Gasteiger partial charge in [0.15, 0.2) is 5.69 Å². The van der Waals surface area contributed by atoms with Gasteiger partial charge in [-0.25, -0.2) is 4.79 Å². The van der Waals surface area contributed by atoms with Gasteiger partial charge in [0, 0.05) is 11.2 Å². The molecule has 0 spiro atoms. The molecule has 0 amide bonds. The van der Waals surface area contributed by atoms with E-state index in [9.17, 15) is 4.79 Å². The van der Waals surface area contributed by atoms with Gasteiger partial charge in [0.25, 0.3) is 0 Å². The van der Waals surface area contributed by atoms with Crippen LogP contribution in [0.4, 0.5) is 5.69 Å². The van der Waals surface area contributed by atoms with Gasteiger partial charge in [-0.15, -0.1) is 0 Å². The van der Waals surface area contributed by atoms with Crippen LogP contribution in [0.3, 0.4) is 0 Å². The second-order valence-electron chi connectivity index (χ2n) is 3.53. The normalized spacial score (nSPS) is 10.4. The predicted molar refractivity (Wildman–Crippen MR) is 64.2 cm³/mol. The fraction of sp³-hybridized carbons (Fsp3) is 0.0909. The third-order valence-electron chi connectivity index (χ3n) is 2.28. The second kappa shape index (κ2) is 4.47. The molecule has 0 aliphatic heterocycles. The molecule has 0 aliphatic rings. The molecule has 1 heterocycles. The zero-order valence-corrected chi connectivity index (χ0v) is 9.55. The SMILES string of the molecule is Nc1cn(Cc2ccccc2Cl)nc1C(=O)O. The molecule has 0 fully saturated rings. The number of rotatable bonds is 3. The van der Waals surface area contributed by atoms with E-state index in [0.717, 1.165) is 5.56 Å². The number of hydrogen-bond donors (Lipinski definition) is 2. The van der Waals surface area contributed by atoms with E-state index in [0.29, 0.717) is 11.6 Å². The molecule has 6 heteroatoms. The summed E-state index contributed by atoms with van der Waals surface area (Å²) in [7, 11) is 0. The Balaban J connectivity index is 2.28. The van der Waals surface area contributed by atoms with Crippen LogP contribution in [0.2, 0.25) is 5.02 Å². The third-order valence-corrected chi connectivity index (χ3v) is 2.65. The first kappa shape index (κ1) is 11.5. The standard InChI is InChI=1S/C11H10ClN3O2/c12-8-4-2-1-3-7(8)5-15-6-9(13)10(14-15)11(16)17/h1-4,6H,5,13H2,(H,16,17). The highest BCUT2D eigenvalue weighted by molar-refractivity contribution is 6.31. The van der Waals surface area contributed by atoms with Crippen LogP contribution < -0.4 is 5.73 Å². The number of benzene rings is 1. The van der Waals surface area contributed by atoms with Crippen LogP contribution in [0.5, 0.6) is 0 Å². The van der Waals surface area contributed by atoms with E-state index in [1.807, 2.05) is 18.2 Å². The fourth-order valence-electron chi connectivity index (χ4n) is 1.49. The van der Waals surface area contributed by atoms with Gasteiger partial charge < -0.3 is 10.8 Å². The summed E-state index contributed by atoms with van der Waals surface area (Å²) >= 11 is 5.99. The molecule has 0 unspecified atom stereocenters. The van der Waals surface area contributed by atoms with E-state index in [1.165, 1.54) is 10.9 Å². The molecule has 1 aromatic heterocycles. The fourth-order valence-corrected chi connectivity index (χ4v) is 1.68. The zero-order chi connectivity index (χ0) is 12.4. The van der Waals surface area contributed by atoms with Crippen LogP contribution in [0, 0.1) is 0 Å². The van der Waals surface area contributed by atoms with Crippen molar-refractivity contribution in [1.29, 1.82) is 0 Å². The molecule has 3 N–H and O–H groups in total. The first-order valence-electron chi connectivity index (χ1n) is 4.87. The van der Waals surface area contributed by atoms with Crippen molar-refractivity contribution in [2.75, 3.05) is 5.73 Å². The van der Waals surface area contributed by atoms with E-state index in [1.54, 1.807) is 6.07 Å². The number of carboxylic acid groups (broad SMARTS) is 1. The first-order valence-corrected chi connectivity index (χ1v) is 5.25. The topological polar surface area (TPSA) is 81.1 Å². The highest BCUT2D eigenvalue weighted by atomic mass is 35.5. The number of aromatic carboxylic acids is 1. The molecule has 0 aliphatic carbocycles. The number of carboxylic acids is 1.